The molecule has 138 valence electrons. The highest BCUT2D eigenvalue weighted by Gasteiger charge is 2.09. The SMILES string of the molecule is S=C(NCc1ccccc1)NNc1nc(-c2ccccc2)c2ccccc2n1. The van der Waals surface area contributed by atoms with Gasteiger partial charge in [0, 0.05) is 17.5 Å². The second-order valence-corrected chi connectivity index (χ2v) is 6.61. The molecule has 3 N–H and O–H groups in total. The van der Waals surface area contributed by atoms with Crippen molar-refractivity contribution >= 4 is 34.2 Å². The van der Waals surface area contributed by atoms with E-state index in [4.69, 9.17) is 12.2 Å². The van der Waals surface area contributed by atoms with Crippen molar-refractivity contribution in [2.24, 2.45) is 0 Å². The van der Waals surface area contributed by atoms with Crippen molar-refractivity contribution in [3.63, 3.8) is 0 Å². The van der Waals surface area contributed by atoms with Gasteiger partial charge in [-0.15, -0.1) is 0 Å². The number of aromatic nitrogens is 2. The topological polar surface area (TPSA) is 61.9 Å². The smallest absolute Gasteiger partial charge is 0.242 e. The van der Waals surface area contributed by atoms with Crippen LogP contribution in [0.5, 0.6) is 0 Å². The summed E-state index contributed by atoms with van der Waals surface area (Å²) in [7, 11) is 0. The molecule has 28 heavy (non-hydrogen) atoms. The number of hydrogen-bond donors (Lipinski definition) is 3. The lowest BCUT2D eigenvalue weighted by atomic mass is 10.1. The van der Waals surface area contributed by atoms with Crippen LogP contribution in [-0.4, -0.2) is 15.1 Å². The van der Waals surface area contributed by atoms with E-state index in [0.717, 1.165) is 27.7 Å². The number of anilines is 1. The van der Waals surface area contributed by atoms with E-state index < -0.39 is 0 Å². The van der Waals surface area contributed by atoms with Crippen LogP contribution in [0.2, 0.25) is 0 Å². The molecule has 0 aliphatic rings. The average Bonchev–Trinajstić information content (AvgIpc) is 2.77. The number of fused-ring (bicyclic) bond motifs is 1. The molecule has 0 spiro atoms. The first-order chi connectivity index (χ1) is 13.8. The van der Waals surface area contributed by atoms with Gasteiger partial charge >= 0.3 is 0 Å². The summed E-state index contributed by atoms with van der Waals surface area (Å²) in [6.07, 6.45) is 0. The first kappa shape index (κ1) is 17.9. The number of hydrazine groups is 1. The van der Waals surface area contributed by atoms with E-state index >= 15 is 0 Å². The van der Waals surface area contributed by atoms with Gasteiger partial charge in [0.05, 0.1) is 11.2 Å². The lowest BCUT2D eigenvalue weighted by Crippen LogP contribution is -2.38. The summed E-state index contributed by atoms with van der Waals surface area (Å²) in [5.74, 6) is 0.460. The second kappa shape index (κ2) is 8.45. The Bertz CT molecular complexity index is 1080. The molecule has 0 aliphatic heterocycles. The summed E-state index contributed by atoms with van der Waals surface area (Å²) >= 11 is 5.33. The van der Waals surface area contributed by atoms with Crippen LogP contribution in [0.1, 0.15) is 5.56 Å². The van der Waals surface area contributed by atoms with Gasteiger partial charge in [-0.25, -0.2) is 9.97 Å². The quantitative estimate of drug-likeness (QED) is 0.352. The van der Waals surface area contributed by atoms with Crippen molar-refractivity contribution in [1.29, 1.82) is 0 Å². The van der Waals surface area contributed by atoms with E-state index in [-0.39, 0.29) is 0 Å². The third kappa shape index (κ3) is 4.24. The maximum Gasteiger partial charge on any atom is 0.242 e. The number of nitrogens with zero attached hydrogens (tertiary/aromatic N) is 2. The normalized spacial score (nSPS) is 10.4. The largest absolute Gasteiger partial charge is 0.357 e. The van der Waals surface area contributed by atoms with E-state index in [0.29, 0.717) is 17.6 Å². The fraction of sp³-hybridized carbons (Fsp3) is 0.0455. The molecule has 1 heterocycles. The lowest BCUT2D eigenvalue weighted by Gasteiger charge is -2.13. The highest BCUT2D eigenvalue weighted by molar-refractivity contribution is 7.80. The molecule has 0 saturated carbocycles. The van der Waals surface area contributed by atoms with Crippen LogP contribution in [0.4, 0.5) is 5.95 Å². The maximum absolute atomic E-state index is 5.33. The summed E-state index contributed by atoms with van der Waals surface area (Å²) in [6.45, 7) is 0.641. The molecule has 0 amide bonds. The molecular weight excluding hydrogens is 366 g/mol. The molecule has 3 aromatic carbocycles. The zero-order valence-corrected chi connectivity index (χ0v) is 15.9. The average molecular weight is 385 g/mol. The van der Waals surface area contributed by atoms with Gasteiger partial charge in [0.25, 0.3) is 0 Å². The third-order valence-corrected chi connectivity index (χ3v) is 4.48. The molecule has 0 fully saturated rings. The first-order valence-corrected chi connectivity index (χ1v) is 9.36. The van der Waals surface area contributed by atoms with Crippen molar-refractivity contribution < 1.29 is 0 Å². The van der Waals surface area contributed by atoms with Crippen LogP contribution in [-0.2, 0) is 6.54 Å². The van der Waals surface area contributed by atoms with Crippen LogP contribution in [0.3, 0.4) is 0 Å². The molecule has 0 aliphatic carbocycles. The Labute approximate surface area is 168 Å². The van der Waals surface area contributed by atoms with E-state index in [1.165, 1.54) is 0 Å². The Morgan fingerprint density at radius 1 is 0.786 bits per heavy atom. The highest BCUT2D eigenvalue weighted by Crippen LogP contribution is 2.26. The molecule has 4 rings (SSSR count). The van der Waals surface area contributed by atoms with Gasteiger partial charge in [-0.3, -0.25) is 10.9 Å². The zero-order chi connectivity index (χ0) is 19.2. The predicted molar refractivity (Wildman–Crippen MR) is 118 cm³/mol. The molecule has 0 atom stereocenters. The Balaban J connectivity index is 1.50. The predicted octanol–water partition coefficient (Wildman–Crippen LogP) is 4.29. The van der Waals surface area contributed by atoms with E-state index in [2.05, 4.69) is 26.1 Å². The van der Waals surface area contributed by atoms with Gasteiger partial charge in [0.15, 0.2) is 5.11 Å². The summed E-state index contributed by atoms with van der Waals surface area (Å²) in [6, 6.07) is 28.1. The van der Waals surface area contributed by atoms with E-state index in [1.54, 1.807) is 0 Å². The van der Waals surface area contributed by atoms with Gasteiger partial charge in [-0.05, 0) is 23.8 Å². The fourth-order valence-corrected chi connectivity index (χ4v) is 3.01. The van der Waals surface area contributed by atoms with Crippen LogP contribution in [0, 0.1) is 0 Å². The summed E-state index contributed by atoms with van der Waals surface area (Å²) in [5, 5.41) is 4.63. The van der Waals surface area contributed by atoms with Crippen LogP contribution >= 0.6 is 12.2 Å². The van der Waals surface area contributed by atoms with Gasteiger partial charge in [0.2, 0.25) is 5.95 Å². The van der Waals surface area contributed by atoms with Crippen molar-refractivity contribution in [3.05, 3.63) is 90.5 Å². The second-order valence-electron chi connectivity index (χ2n) is 6.20. The van der Waals surface area contributed by atoms with Gasteiger partial charge in [-0.1, -0.05) is 78.9 Å². The standard InChI is InChI=1S/C22H19N5S/c28-22(23-15-16-9-3-1-4-10-16)27-26-21-24-19-14-8-7-13-18(19)20(25-21)17-11-5-2-6-12-17/h1-14H,15H2,(H2,23,27,28)(H,24,25,26). The molecule has 4 aromatic rings. The molecule has 0 saturated heterocycles. The van der Waals surface area contributed by atoms with Crippen LogP contribution < -0.4 is 16.2 Å². The van der Waals surface area contributed by atoms with Crippen molar-refractivity contribution in [3.8, 4) is 11.3 Å². The number of hydrogen-bond acceptors (Lipinski definition) is 4. The zero-order valence-electron chi connectivity index (χ0n) is 15.1. The summed E-state index contributed by atoms with van der Waals surface area (Å²) < 4.78 is 0. The minimum atomic E-state index is 0.460. The van der Waals surface area contributed by atoms with E-state index in [1.807, 2.05) is 84.9 Å². The Morgan fingerprint density at radius 3 is 2.25 bits per heavy atom. The number of para-hydroxylation sites is 1. The van der Waals surface area contributed by atoms with Crippen molar-refractivity contribution in [2.45, 2.75) is 6.54 Å². The molecule has 5 nitrogen and oxygen atoms in total. The van der Waals surface area contributed by atoms with Gasteiger partial charge in [-0.2, -0.15) is 0 Å². The van der Waals surface area contributed by atoms with Crippen LogP contribution in [0.25, 0.3) is 22.2 Å². The molecule has 0 bridgehead atoms. The monoisotopic (exact) mass is 385 g/mol. The van der Waals surface area contributed by atoms with Crippen LogP contribution in [0.15, 0.2) is 84.9 Å². The summed E-state index contributed by atoms with van der Waals surface area (Å²) in [4.78, 5) is 9.27. The molecular formula is C22H19N5S. The molecule has 6 heteroatoms. The fourth-order valence-electron chi connectivity index (χ4n) is 2.88. The maximum atomic E-state index is 5.33. The molecule has 0 unspecified atom stereocenters. The number of nitrogens with one attached hydrogen (secondary N) is 3. The molecule has 1 aromatic heterocycles. The van der Waals surface area contributed by atoms with Crippen molar-refractivity contribution in [1.82, 2.24) is 20.7 Å². The van der Waals surface area contributed by atoms with Gasteiger partial charge < -0.3 is 5.32 Å². The minimum Gasteiger partial charge on any atom is -0.357 e. The Hall–Kier alpha value is -3.51. The number of thiocarbonyl (C=S) groups is 1. The Morgan fingerprint density at radius 2 is 1.46 bits per heavy atom. The third-order valence-electron chi connectivity index (χ3n) is 4.23. The van der Waals surface area contributed by atoms with Gasteiger partial charge in [0.1, 0.15) is 0 Å². The Kier molecular flexibility index (Phi) is 5.40. The summed E-state index contributed by atoms with van der Waals surface area (Å²) in [5.41, 5.74) is 9.89. The number of rotatable bonds is 5. The molecule has 0 radical (unpaired) electrons. The van der Waals surface area contributed by atoms with E-state index in [9.17, 15) is 0 Å². The highest BCUT2D eigenvalue weighted by atomic mass is 32.1. The lowest BCUT2D eigenvalue weighted by molar-refractivity contribution is 0.880. The van der Waals surface area contributed by atoms with Crippen molar-refractivity contribution in [2.75, 3.05) is 5.43 Å². The number of benzene rings is 3. The minimum absolute atomic E-state index is 0.460. The first-order valence-electron chi connectivity index (χ1n) is 8.95.